The number of carbonyl (C=O) groups excluding carboxylic acids is 4. The minimum atomic E-state index is -0.720. The maximum absolute atomic E-state index is 12.1. The first-order valence-corrected chi connectivity index (χ1v) is 7.53. The first-order chi connectivity index (χ1) is 9.01. The van der Waals surface area contributed by atoms with E-state index in [1.807, 2.05) is 0 Å². The lowest BCUT2D eigenvalue weighted by molar-refractivity contribution is -0.135. The Balaban J connectivity index is 1.80. The van der Waals surface area contributed by atoms with E-state index in [0.717, 1.165) is 11.8 Å². The smallest absolute Gasteiger partial charge is 0.288 e. The molecule has 0 aromatic carbocycles. The molecule has 0 aromatic rings. The number of Topliss-reactive ketones (excluding diaryl/α,β-unsaturated/α-hetero) is 2. The first kappa shape index (κ1) is 14.2. The van der Waals surface area contributed by atoms with Crippen LogP contribution in [0.25, 0.3) is 0 Å². The van der Waals surface area contributed by atoms with Gasteiger partial charge in [0.2, 0.25) is 5.91 Å². The summed E-state index contributed by atoms with van der Waals surface area (Å²) in [4.78, 5) is 47.7. The number of amides is 2. The molecule has 1 aliphatic heterocycles. The van der Waals surface area contributed by atoms with E-state index in [2.05, 4.69) is 0 Å². The molecular formula is C13H17NO4S. The highest BCUT2D eigenvalue weighted by molar-refractivity contribution is 8.14. The maximum Gasteiger partial charge on any atom is 0.288 e. The molecule has 2 amide bonds. The van der Waals surface area contributed by atoms with Gasteiger partial charge >= 0.3 is 0 Å². The molecule has 1 saturated carbocycles. The summed E-state index contributed by atoms with van der Waals surface area (Å²) in [6, 6.07) is 0. The van der Waals surface area contributed by atoms with Crippen LogP contribution >= 0.6 is 11.8 Å². The number of rotatable bonds is 7. The van der Waals surface area contributed by atoms with E-state index in [4.69, 9.17) is 0 Å². The van der Waals surface area contributed by atoms with Crippen molar-refractivity contribution in [3.8, 4) is 0 Å². The van der Waals surface area contributed by atoms with Crippen LogP contribution in [0.5, 0.6) is 0 Å². The quantitative estimate of drug-likeness (QED) is 0.666. The van der Waals surface area contributed by atoms with Gasteiger partial charge < -0.3 is 0 Å². The van der Waals surface area contributed by atoms with Crippen molar-refractivity contribution in [2.45, 2.75) is 39.0 Å². The zero-order valence-electron chi connectivity index (χ0n) is 10.9. The zero-order valence-corrected chi connectivity index (χ0v) is 11.8. The number of imide groups is 1. The summed E-state index contributed by atoms with van der Waals surface area (Å²) >= 11 is 0.997. The first-order valence-electron chi connectivity index (χ1n) is 6.55. The third-order valence-corrected chi connectivity index (χ3v) is 4.62. The Morgan fingerprint density at radius 3 is 2.42 bits per heavy atom. The van der Waals surface area contributed by atoms with Crippen molar-refractivity contribution in [2.75, 3.05) is 12.3 Å². The van der Waals surface area contributed by atoms with E-state index >= 15 is 0 Å². The highest BCUT2D eigenvalue weighted by atomic mass is 32.2. The highest BCUT2D eigenvalue weighted by Crippen LogP contribution is 2.49. The van der Waals surface area contributed by atoms with E-state index in [1.54, 1.807) is 6.92 Å². The number of carbonyl (C=O) groups is 4. The van der Waals surface area contributed by atoms with Crippen LogP contribution in [0.3, 0.4) is 0 Å². The minimum absolute atomic E-state index is 0.0221. The van der Waals surface area contributed by atoms with Gasteiger partial charge in [0, 0.05) is 19.4 Å². The van der Waals surface area contributed by atoms with Crippen molar-refractivity contribution in [1.29, 1.82) is 0 Å². The molecule has 1 aliphatic carbocycles. The Hall–Kier alpha value is -1.17. The molecule has 6 heteroatoms. The molecule has 2 aliphatic rings. The Morgan fingerprint density at radius 1 is 1.26 bits per heavy atom. The fourth-order valence-corrected chi connectivity index (χ4v) is 3.16. The number of hydrogen-bond acceptors (Lipinski definition) is 5. The summed E-state index contributed by atoms with van der Waals surface area (Å²) in [5.74, 6) is 0.0195. The van der Waals surface area contributed by atoms with Gasteiger partial charge in [0.15, 0.2) is 0 Å². The van der Waals surface area contributed by atoms with Gasteiger partial charge in [0.25, 0.3) is 5.24 Å². The highest BCUT2D eigenvalue weighted by Gasteiger charge is 2.53. The molecule has 0 spiro atoms. The van der Waals surface area contributed by atoms with Gasteiger partial charge in [-0.05, 0) is 19.3 Å². The minimum Gasteiger partial charge on any atom is -0.299 e. The van der Waals surface area contributed by atoms with Crippen LogP contribution in [0.15, 0.2) is 0 Å². The van der Waals surface area contributed by atoms with Crippen LogP contribution in [0.2, 0.25) is 0 Å². The lowest BCUT2D eigenvalue weighted by Crippen LogP contribution is -2.31. The molecule has 0 atom stereocenters. The third kappa shape index (κ3) is 2.73. The van der Waals surface area contributed by atoms with Crippen molar-refractivity contribution in [2.24, 2.45) is 5.41 Å². The van der Waals surface area contributed by atoms with E-state index < -0.39 is 5.41 Å². The van der Waals surface area contributed by atoms with Gasteiger partial charge in [-0.15, -0.1) is 0 Å². The van der Waals surface area contributed by atoms with Gasteiger partial charge in [-0.1, -0.05) is 18.7 Å². The van der Waals surface area contributed by atoms with Crippen molar-refractivity contribution in [3.05, 3.63) is 0 Å². The maximum atomic E-state index is 12.1. The van der Waals surface area contributed by atoms with Gasteiger partial charge in [0.05, 0.1) is 11.2 Å². The predicted molar refractivity (Wildman–Crippen MR) is 70.8 cm³/mol. The molecule has 1 heterocycles. The van der Waals surface area contributed by atoms with Gasteiger partial charge in [0.1, 0.15) is 11.6 Å². The summed E-state index contributed by atoms with van der Waals surface area (Å²) < 4.78 is 0. The molecule has 104 valence electrons. The fraction of sp³-hybridized carbons (Fsp3) is 0.692. The Kier molecular flexibility index (Phi) is 4.08. The van der Waals surface area contributed by atoms with Crippen molar-refractivity contribution in [1.82, 2.24) is 4.90 Å². The molecule has 19 heavy (non-hydrogen) atoms. The average molecular weight is 283 g/mol. The van der Waals surface area contributed by atoms with Crippen LogP contribution in [0.1, 0.15) is 39.0 Å². The topological polar surface area (TPSA) is 71.5 Å². The summed E-state index contributed by atoms with van der Waals surface area (Å²) in [6.07, 6.45) is 2.44. The van der Waals surface area contributed by atoms with Gasteiger partial charge in [-0.2, -0.15) is 0 Å². The average Bonchev–Trinajstić information content (AvgIpc) is 3.15. The normalized spacial score (nSPS) is 20.8. The fourth-order valence-electron chi connectivity index (χ4n) is 2.41. The molecule has 1 saturated heterocycles. The molecule has 5 nitrogen and oxygen atoms in total. The number of hydrogen-bond donors (Lipinski definition) is 0. The van der Waals surface area contributed by atoms with Crippen LogP contribution < -0.4 is 0 Å². The number of ketones is 2. The summed E-state index contributed by atoms with van der Waals surface area (Å²) in [5.41, 5.74) is -0.720. The molecule has 0 radical (unpaired) electrons. The largest absolute Gasteiger partial charge is 0.299 e. The van der Waals surface area contributed by atoms with Crippen LogP contribution in [-0.2, 0) is 14.4 Å². The van der Waals surface area contributed by atoms with Crippen molar-refractivity contribution >= 4 is 34.5 Å². The summed E-state index contributed by atoms with van der Waals surface area (Å²) in [5, 5.41) is -0.233. The zero-order chi connectivity index (χ0) is 14.0. The monoisotopic (exact) mass is 283 g/mol. The second-order valence-corrected chi connectivity index (χ2v) is 5.91. The standard InChI is InChI=1S/C13H17NO4S/c1-2-9(15)13(5-6-13)10(16)4-3-7-14-11(17)8-19-12(14)18/h2-8H2,1H3. The predicted octanol–water partition coefficient (Wildman–Crippen LogP) is 1.79. The van der Waals surface area contributed by atoms with Gasteiger partial charge in [-0.3, -0.25) is 24.1 Å². The van der Waals surface area contributed by atoms with E-state index in [-0.39, 0.29) is 41.4 Å². The van der Waals surface area contributed by atoms with E-state index in [1.165, 1.54) is 4.90 Å². The lowest BCUT2D eigenvalue weighted by Gasteiger charge is -2.14. The second-order valence-electron chi connectivity index (χ2n) is 4.99. The Labute approximate surface area is 116 Å². The molecule has 2 rings (SSSR count). The molecule has 0 N–H and O–H groups in total. The molecule has 0 bridgehead atoms. The van der Waals surface area contributed by atoms with Gasteiger partial charge in [-0.25, -0.2) is 0 Å². The molecule has 0 unspecified atom stereocenters. The SMILES string of the molecule is CCC(=O)C1(C(=O)CCCN2C(=O)CSC2=O)CC1. The molecule has 0 aromatic heterocycles. The van der Waals surface area contributed by atoms with Crippen molar-refractivity contribution < 1.29 is 19.2 Å². The second kappa shape index (κ2) is 5.45. The molecular weight excluding hydrogens is 266 g/mol. The lowest BCUT2D eigenvalue weighted by atomic mass is 9.91. The van der Waals surface area contributed by atoms with Crippen LogP contribution in [-0.4, -0.2) is 39.9 Å². The number of nitrogens with zero attached hydrogens (tertiary/aromatic N) is 1. The summed E-state index contributed by atoms with van der Waals surface area (Å²) in [6.45, 7) is 2.06. The Morgan fingerprint density at radius 2 is 1.95 bits per heavy atom. The summed E-state index contributed by atoms with van der Waals surface area (Å²) in [7, 11) is 0. The van der Waals surface area contributed by atoms with Crippen LogP contribution in [0.4, 0.5) is 4.79 Å². The van der Waals surface area contributed by atoms with Crippen LogP contribution in [0, 0.1) is 5.41 Å². The third-order valence-electron chi connectivity index (χ3n) is 3.76. The Bertz CT molecular complexity index is 426. The number of thioether (sulfide) groups is 1. The van der Waals surface area contributed by atoms with E-state index in [0.29, 0.717) is 25.7 Å². The van der Waals surface area contributed by atoms with Crippen molar-refractivity contribution in [3.63, 3.8) is 0 Å². The molecule has 2 fully saturated rings. The van der Waals surface area contributed by atoms with E-state index in [9.17, 15) is 19.2 Å².